The van der Waals surface area contributed by atoms with Crippen LogP contribution in [-0.4, -0.2) is 4.98 Å². The van der Waals surface area contributed by atoms with Gasteiger partial charge in [0.05, 0.1) is 4.88 Å². The third-order valence-electron chi connectivity index (χ3n) is 1.78. The van der Waals surface area contributed by atoms with Gasteiger partial charge in [-0.25, -0.2) is 4.98 Å². The van der Waals surface area contributed by atoms with Crippen LogP contribution >= 0.6 is 27.3 Å². The molecule has 0 aliphatic heterocycles. The van der Waals surface area contributed by atoms with E-state index in [2.05, 4.69) is 20.9 Å². The Hall–Kier alpha value is -1.07. The van der Waals surface area contributed by atoms with Crippen molar-refractivity contribution in [2.45, 2.75) is 0 Å². The van der Waals surface area contributed by atoms with Gasteiger partial charge in [0.25, 0.3) is 0 Å². The van der Waals surface area contributed by atoms with Gasteiger partial charge in [-0.05, 0) is 17.7 Å². The number of hydrogen-bond donors (Lipinski definition) is 2. The molecule has 2 rings (SSSR count). The van der Waals surface area contributed by atoms with Crippen LogP contribution in [0.3, 0.4) is 0 Å². The zero-order chi connectivity index (χ0) is 10.1. The lowest BCUT2D eigenvalue weighted by Crippen LogP contribution is -1.88. The van der Waals surface area contributed by atoms with Crippen molar-refractivity contribution in [3.8, 4) is 10.4 Å². The molecule has 1 heterocycles. The Balaban J connectivity index is 2.49. The first-order chi connectivity index (χ1) is 6.66. The molecule has 2 aromatic rings. The number of aromatic nitrogens is 1. The lowest BCUT2D eigenvalue weighted by Gasteiger charge is -1.97. The van der Waals surface area contributed by atoms with E-state index < -0.39 is 0 Å². The SMILES string of the molecule is Nc1nc(N)c(-c2ccc(Br)cc2)s1. The maximum absolute atomic E-state index is 5.72. The van der Waals surface area contributed by atoms with Gasteiger partial charge in [-0.1, -0.05) is 39.4 Å². The summed E-state index contributed by atoms with van der Waals surface area (Å²) in [7, 11) is 0. The van der Waals surface area contributed by atoms with E-state index in [4.69, 9.17) is 11.5 Å². The molecule has 5 heteroatoms. The van der Waals surface area contributed by atoms with Crippen LogP contribution in [0.4, 0.5) is 10.9 Å². The van der Waals surface area contributed by atoms with Crippen molar-refractivity contribution in [2.75, 3.05) is 11.5 Å². The largest absolute Gasteiger partial charge is 0.382 e. The molecular formula is C9H8BrN3S. The van der Waals surface area contributed by atoms with E-state index in [0.717, 1.165) is 14.9 Å². The molecular weight excluding hydrogens is 262 g/mol. The standard InChI is InChI=1S/C9H8BrN3S/c10-6-3-1-5(2-4-6)7-8(11)13-9(12)14-7/h1-4H,11H2,(H2,12,13). The van der Waals surface area contributed by atoms with Crippen LogP contribution in [-0.2, 0) is 0 Å². The predicted octanol–water partition coefficient (Wildman–Crippen LogP) is 2.74. The van der Waals surface area contributed by atoms with E-state index in [-0.39, 0.29) is 0 Å². The highest BCUT2D eigenvalue weighted by atomic mass is 79.9. The summed E-state index contributed by atoms with van der Waals surface area (Å²) in [6.45, 7) is 0. The van der Waals surface area contributed by atoms with E-state index >= 15 is 0 Å². The van der Waals surface area contributed by atoms with Crippen molar-refractivity contribution in [3.63, 3.8) is 0 Å². The normalized spacial score (nSPS) is 10.4. The maximum atomic E-state index is 5.72. The smallest absolute Gasteiger partial charge is 0.182 e. The minimum atomic E-state index is 0.495. The molecule has 0 fully saturated rings. The van der Waals surface area contributed by atoms with Crippen molar-refractivity contribution in [1.29, 1.82) is 0 Å². The number of thiazole rings is 1. The number of hydrogen-bond acceptors (Lipinski definition) is 4. The fourth-order valence-electron chi connectivity index (χ4n) is 1.16. The second kappa shape index (κ2) is 3.59. The van der Waals surface area contributed by atoms with Gasteiger partial charge in [-0.3, -0.25) is 0 Å². The van der Waals surface area contributed by atoms with Crippen LogP contribution in [0.2, 0.25) is 0 Å². The highest BCUT2D eigenvalue weighted by molar-refractivity contribution is 9.10. The molecule has 72 valence electrons. The third kappa shape index (κ3) is 1.73. The average Bonchev–Trinajstić information content (AvgIpc) is 2.47. The first kappa shape index (κ1) is 9.48. The van der Waals surface area contributed by atoms with Gasteiger partial charge >= 0.3 is 0 Å². The minimum absolute atomic E-state index is 0.495. The van der Waals surface area contributed by atoms with Crippen LogP contribution in [0.1, 0.15) is 0 Å². The summed E-state index contributed by atoms with van der Waals surface area (Å²) in [6, 6.07) is 7.89. The van der Waals surface area contributed by atoms with E-state index in [1.165, 1.54) is 11.3 Å². The monoisotopic (exact) mass is 269 g/mol. The summed E-state index contributed by atoms with van der Waals surface area (Å²) in [5, 5.41) is 0.500. The number of nitrogens with two attached hydrogens (primary N) is 2. The van der Waals surface area contributed by atoms with E-state index in [1.54, 1.807) is 0 Å². The number of rotatable bonds is 1. The van der Waals surface area contributed by atoms with Crippen molar-refractivity contribution >= 4 is 38.2 Å². The molecule has 0 atom stereocenters. The molecule has 1 aromatic heterocycles. The van der Waals surface area contributed by atoms with E-state index in [9.17, 15) is 0 Å². The predicted molar refractivity (Wildman–Crippen MR) is 64.1 cm³/mol. The fourth-order valence-corrected chi connectivity index (χ4v) is 2.18. The maximum Gasteiger partial charge on any atom is 0.182 e. The Kier molecular flexibility index (Phi) is 2.43. The van der Waals surface area contributed by atoms with Gasteiger partial charge in [0.1, 0.15) is 5.82 Å². The molecule has 4 N–H and O–H groups in total. The Morgan fingerprint density at radius 3 is 2.29 bits per heavy atom. The molecule has 0 saturated carbocycles. The summed E-state index contributed by atoms with van der Waals surface area (Å²) in [4.78, 5) is 4.90. The molecule has 0 aliphatic rings. The van der Waals surface area contributed by atoms with Gasteiger partial charge in [-0.15, -0.1) is 0 Å². The van der Waals surface area contributed by atoms with Gasteiger partial charge < -0.3 is 11.5 Å². The molecule has 0 radical (unpaired) electrons. The molecule has 0 bridgehead atoms. The van der Waals surface area contributed by atoms with Gasteiger partial charge in [-0.2, -0.15) is 0 Å². The molecule has 0 aliphatic carbocycles. The zero-order valence-electron chi connectivity index (χ0n) is 7.20. The molecule has 0 amide bonds. The van der Waals surface area contributed by atoms with Gasteiger partial charge in [0.15, 0.2) is 5.13 Å². The van der Waals surface area contributed by atoms with Crippen LogP contribution in [0.25, 0.3) is 10.4 Å². The molecule has 0 saturated heterocycles. The number of halogens is 1. The Morgan fingerprint density at radius 2 is 1.79 bits per heavy atom. The Labute approximate surface area is 93.9 Å². The van der Waals surface area contributed by atoms with Crippen molar-refractivity contribution in [2.24, 2.45) is 0 Å². The number of nitrogen functional groups attached to an aromatic ring is 2. The lowest BCUT2D eigenvalue weighted by atomic mass is 10.2. The highest BCUT2D eigenvalue weighted by Crippen LogP contribution is 2.33. The molecule has 0 spiro atoms. The van der Waals surface area contributed by atoms with Gasteiger partial charge in [0.2, 0.25) is 0 Å². The van der Waals surface area contributed by atoms with Crippen molar-refractivity contribution in [3.05, 3.63) is 28.7 Å². The van der Waals surface area contributed by atoms with Crippen LogP contribution in [0.5, 0.6) is 0 Å². The topological polar surface area (TPSA) is 64.9 Å². The Bertz CT molecular complexity index is 450. The molecule has 1 aromatic carbocycles. The van der Waals surface area contributed by atoms with Crippen molar-refractivity contribution in [1.82, 2.24) is 4.98 Å². The van der Waals surface area contributed by atoms with E-state index in [1.807, 2.05) is 24.3 Å². The second-order valence-electron chi connectivity index (χ2n) is 2.77. The van der Waals surface area contributed by atoms with Crippen molar-refractivity contribution < 1.29 is 0 Å². The second-order valence-corrected chi connectivity index (χ2v) is 4.72. The summed E-state index contributed by atoms with van der Waals surface area (Å²) in [5.41, 5.74) is 12.3. The first-order valence-electron chi connectivity index (χ1n) is 3.94. The summed E-state index contributed by atoms with van der Waals surface area (Å²) in [5.74, 6) is 0.495. The molecule has 0 unspecified atom stereocenters. The molecule has 3 nitrogen and oxygen atoms in total. The van der Waals surface area contributed by atoms with Gasteiger partial charge in [0, 0.05) is 4.47 Å². The first-order valence-corrected chi connectivity index (χ1v) is 5.55. The Morgan fingerprint density at radius 1 is 1.14 bits per heavy atom. The fraction of sp³-hybridized carbons (Fsp3) is 0. The highest BCUT2D eigenvalue weighted by Gasteiger charge is 2.07. The lowest BCUT2D eigenvalue weighted by molar-refractivity contribution is 1.43. The molecule has 14 heavy (non-hydrogen) atoms. The van der Waals surface area contributed by atoms with Crippen LogP contribution in [0.15, 0.2) is 28.7 Å². The number of nitrogens with zero attached hydrogens (tertiary/aromatic N) is 1. The van der Waals surface area contributed by atoms with Crippen LogP contribution in [0, 0.1) is 0 Å². The number of anilines is 2. The zero-order valence-corrected chi connectivity index (χ0v) is 9.60. The van der Waals surface area contributed by atoms with E-state index in [0.29, 0.717) is 10.9 Å². The summed E-state index contributed by atoms with van der Waals surface area (Å²) < 4.78 is 1.04. The minimum Gasteiger partial charge on any atom is -0.382 e. The third-order valence-corrected chi connectivity index (χ3v) is 3.25. The quantitative estimate of drug-likeness (QED) is 0.837. The average molecular weight is 270 g/mol. The summed E-state index contributed by atoms with van der Waals surface area (Å²) >= 11 is 4.77. The summed E-state index contributed by atoms with van der Waals surface area (Å²) in [6.07, 6.45) is 0. The number of benzene rings is 1. The van der Waals surface area contributed by atoms with Crippen LogP contribution < -0.4 is 11.5 Å².